The molecule has 1 aromatic rings. The van der Waals surface area contributed by atoms with Crippen LogP contribution in [0.15, 0.2) is 18.2 Å². The van der Waals surface area contributed by atoms with Gasteiger partial charge in [0.15, 0.2) is 0 Å². The average Bonchev–Trinajstić information content (AvgIpc) is 2.21. The maximum absolute atomic E-state index is 13.3. The predicted octanol–water partition coefficient (Wildman–Crippen LogP) is 4.96. The van der Waals surface area contributed by atoms with Crippen molar-refractivity contribution in [2.75, 3.05) is 0 Å². The summed E-state index contributed by atoms with van der Waals surface area (Å²) in [5, 5.41) is 0.448. The Bertz CT molecular complexity index is 317. The summed E-state index contributed by atoms with van der Waals surface area (Å²) in [6, 6.07) is 4.69. The van der Waals surface area contributed by atoms with E-state index in [-0.39, 0.29) is 12.4 Å². The summed E-state index contributed by atoms with van der Waals surface area (Å²) in [6.07, 6.45) is 4.96. The molecule has 0 heterocycles. The first-order chi connectivity index (χ1) is 8.19. The molecule has 1 aliphatic rings. The molecule has 0 unspecified atom stereocenters. The van der Waals surface area contributed by atoms with Crippen LogP contribution >= 0.6 is 11.6 Å². The van der Waals surface area contributed by atoms with Crippen molar-refractivity contribution in [3.8, 4) is 0 Å². The lowest BCUT2D eigenvalue weighted by Crippen LogP contribution is -2.21. The minimum atomic E-state index is -0.281. The topological polar surface area (TPSA) is 9.23 Å². The van der Waals surface area contributed by atoms with E-state index in [0.29, 0.717) is 16.7 Å². The molecule has 0 bridgehead atoms. The molecule has 1 saturated carbocycles. The Morgan fingerprint density at radius 2 is 2.00 bits per heavy atom. The summed E-state index contributed by atoms with van der Waals surface area (Å²) in [5.74, 6) is -0.281. The first kappa shape index (κ1) is 14.5. The number of hydrogen-bond donors (Lipinski definition) is 0. The first-order valence-corrected chi connectivity index (χ1v) is 6.61. The molecule has 0 radical (unpaired) electrons. The van der Waals surface area contributed by atoms with Gasteiger partial charge in [-0.1, -0.05) is 37.9 Å². The summed E-state index contributed by atoms with van der Waals surface area (Å²) in [5.41, 5.74) is 0.473. The van der Waals surface area contributed by atoms with Crippen LogP contribution in [0.3, 0.4) is 0 Å². The van der Waals surface area contributed by atoms with Crippen LogP contribution in [0.25, 0.3) is 0 Å². The third kappa shape index (κ3) is 4.64. The second kappa shape index (κ2) is 7.67. The molecule has 1 aromatic carbocycles. The molecule has 1 fully saturated rings. The highest BCUT2D eigenvalue weighted by Gasteiger charge is 2.18. The van der Waals surface area contributed by atoms with Crippen molar-refractivity contribution in [2.24, 2.45) is 0 Å². The van der Waals surface area contributed by atoms with Crippen molar-refractivity contribution >= 4 is 11.6 Å². The molecule has 0 aromatic heterocycles. The summed E-state index contributed by atoms with van der Waals surface area (Å²) < 4.78 is 18.8. The molecular formula is C14H20ClFO. The monoisotopic (exact) mass is 258 g/mol. The lowest BCUT2D eigenvalue weighted by Gasteiger charge is -2.25. The minimum absolute atomic E-state index is 0.281. The van der Waals surface area contributed by atoms with Gasteiger partial charge in [0.1, 0.15) is 5.82 Å². The summed E-state index contributed by atoms with van der Waals surface area (Å²) in [6.45, 7) is 4.54. The molecule has 0 atom stereocenters. The quantitative estimate of drug-likeness (QED) is 0.744. The fourth-order valence-electron chi connectivity index (χ4n) is 1.41. The van der Waals surface area contributed by atoms with E-state index in [0.717, 1.165) is 12.8 Å². The predicted molar refractivity (Wildman–Crippen MR) is 69.8 cm³/mol. The average molecular weight is 259 g/mol. The molecule has 0 saturated heterocycles. The molecule has 0 amide bonds. The zero-order valence-corrected chi connectivity index (χ0v) is 11.3. The number of ether oxygens (including phenoxy) is 1. The van der Waals surface area contributed by atoms with E-state index < -0.39 is 0 Å². The van der Waals surface area contributed by atoms with Gasteiger partial charge in [0.25, 0.3) is 0 Å². The van der Waals surface area contributed by atoms with Gasteiger partial charge in [0.05, 0.1) is 12.7 Å². The van der Waals surface area contributed by atoms with Crippen molar-refractivity contribution in [2.45, 2.75) is 52.2 Å². The summed E-state index contributed by atoms with van der Waals surface area (Å²) >= 11 is 5.85. The van der Waals surface area contributed by atoms with Gasteiger partial charge >= 0.3 is 0 Å². The van der Waals surface area contributed by atoms with E-state index in [2.05, 4.69) is 13.8 Å². The highest BCUT2D eigenvalue weighted by atomic mass is 35.5. The van der Waals surface area contributed by atoms with E-state index in [1.165, 1.54) is 18.9 Å². The number of halogens is 2. The first-order valence-electron chi connectivity index (χ1n) is 6.23. The van der Waals surface area contributed by atoms with Crippen LogP contribution < -0.4 is 0 Å². The Morgan fingerprint density at radius 1 is 1.35 bits per heavy atom. The van der Waals surface area contributed by atoms with Crippen LogP contribution in [0.2, 0.25) is 5.02 Å². The van der Waals surface area contributed by atoms with Crippen molar-refractivity contribution in [3.63, 3.8) is 0 Å². The van der Waals surface area contributed by atoms with Gasteiger partial charge < -0.3 is 4.74 Å². The summed E-state index contributed by atoms with van der Waals surface area (Å²) in [7, 11) is 0. The fraction of sp³-hybridized carbons (Fsp3) is 0.571. The van der Waals surface area contributed by atoms with Gasteiger partial charge in [-0.25, -0.2) is 4.39 Å². The van der Waals surface area contributed by atoms with Crippen LogP contribution in [0.4, 0.5) is 4.39 Å². The van der Waals surface area contributed by atoms with E-state index >= 15 is 0 Å². The number of hydrogen-bond acceptors (Lipinski definition) is 1. The SMILES string of the molecule is CCC.Fc1cccc(Cl)c1COC1CCC1. The highest BCUT2D eigenvalue weighted by molar-refractivity contribution is 6.31. The van der Waals surface area contributed by atoms with Crippen LogP contribution in [0.5, 0.6) is 0 Å². The Balaban J connectivity index is 0.000000437. The van der Waals surface area contributed by atoms with Gasteiger partial charge in [-0.3, -0.25) is 0 Å². The standard InChI is InChI=1S/C11H12ClFO.C3H8/c12-10-5-2-6-11(13)9(10)7-14-8-3-1-4-8;1-3-2/h2,5-6,8H,1,3-4,7H2;3H2,1-2H3. The molecule has 17 heavy (non-hydrogen) atoms. The van der Waals surface area contributed by atoms with Gasteiger partial charge in [0, 0.05) is 10.6 Å². The molecule has 2 rings (SSSR count). The molecule has 0 spiro atoms. The third-order valence-electron chi connectivity index (χ3n) is 2.58. The van der Waals surface area contributed by atoms with E-state index in [9.17, 15) is 4.39 Å². The van der Waals surface area contributed by atoms with E-state index in [1.54, 1.807) is 12.1 Å². The maximum Gasteiger partial charge on any atom is 0.130 e. The maximum atomic E-state index is 13.3. The second-order valence-electron chi connectivity index (χ2n) is 4.27. The number of rotatable bonds is 3. The zero-order chi connectivity index (χ0) is 12.7. The van der Waals surface area contributed by atoms with Crippen molar-refractivity contribution < 1.29 is 9.13 Å². The normalized spacial score (nSPS) is 14.8. The lowest BCUT2D eigenvalue weighted by molar-refractivity contribution is -0.00971. The van der Waals surface area contributed by atoms with Gasteiger partial charge in [-0.2, -0.15) is 0 Å². The Kier molecular flexibility index (Phi) is 6.53. The zero-order valence-electron chi connectivity index (χ0n) is 10.5. The van der Waals surface area contributed by atoms with Gasteiger partial charge in [-0.05, 0) is 31.4 Å². The Hall–Kier alpha value is -0.600. The molecule has 0 N–H and O–H groups in total. The van der Waals surface area contributed by atoms with E-state index in [4.69, 9.17) is 16.3 Å². The molecule has 0 aliphatic heterocycles. The largest absolute Gasteiger partial charge is 0.373 e. The van der Waals surface area contributed by atoms with E-state index in [1.807, 2.05) is 0 Å². The van der Waals surface area contributed by atoms with Crippen molar-refractivity contribution in [3.05, 3.63) is 34.6 Å². The lowest BCUT2D eigenvalue weighted by atomic mass is 9.96. The molecular weight excluding hydrogens is 239 g/mol. The van der Waals surface area contributed by atoms with Gasteiger partial charge in [-0.15, -0.1) is 0 Å². The fourth-order valence-corrected chi connectivity index (χ4v) is 1.63. The minimum Gasteiger partial charge on any atom is -0.373 e. The van der Waals surface area contributed by atoms with Crippen LogP contribution in [-0.2, 0) is 11.3 Å². The molecule has 1 nitrogen and oxygen atoms in total. The Morgan fingerprint density at radius 3 is 2.47 bits per heavy atom. The van der Waals surface area contributed by atoms with Crippen molar-refractivity contribution in [1.29, 1.82) is 0 Å². The molecule has 3 heteroatoms. The second-order valence-corrected chi connectivity index (χ2v) is 4.68. The smallest absolute Gasteiger partial charge is 0.130 e. The number of benzene rings is 1. The van der Waals surface area contributed by atoms with Gasteiger partial charge in [0.2, 0.25) is 0 Å². The third-order valence-corrected chi connectivity index (χ3v) is 2.93. The van der Waals surface area contributed by atoms with Crippen LogP contribution in [0.1, 0.15) is 45.1 Å². The highest BCUT2D eigenvalue weighted by Crippen LogP contribution is 2.26. The molecule has 96 valence electrons. The van der Waals surface area contributed by atoms with Crippen molar-refractivity contribution in [1.82, 2.24) is 0 Å². The Labute approximate surface area is 108 Å². The summed E-state index contributed by atoms with van der Waals surface area (Å²) in [4.78, 5) is 0. The van der Waals surface area contributed by atoms with Crippen LogP contribution in [-0.4, -0.2) is 6.10 Å². The van der Waals surface area contributed by atoms with Crippen LogP contribution in [0, 0.1) is 5.82 Å². The molecule has 1 aliphatic carbocycles.